The summed E-state index contributed by atoms with van der Waals surface area (Å²) in [7, 11) is 0. The lowest BCUT2D eigenvalue weighted by atomic mass is 10.2. The first kappa shape index (κ1) is 19.0. The number of aryl methyl sites for hydroxylation is 1. The van der Waals surface area contributed by atoms with E-state index in [0.29, 0.717) is 24.7 Å². The van der Waals surface area contributed by atoms with Crippen LogP contribution in [0.5, 0.6) is 0 Å². The minimum Gasteiger partial charge on any atom is -0.367 e. The number of anilines is 3. The molecule has 3 N–H and O–H groups in total. The second-order valence-corrected chi connectivity index (χ2v) is 6.11. The Morgan fingerprint density at radius 1 is 0.964 bits per heavy atom. The van der Waals surface area contributed by atoms with Crippen LogP contribution in [0.25, 0.3) is 6.08 Å². The van der Waals surface area contributed by atoms with Gasteiger partial charge in [0, 0.05) is 25.4 Å². The molecule has 28 heavy (non-hydrogen) atoms. The molecule has 0 saturated heterocycles. The Bertz CT molecular complexity index is 925. The second-order valence-electron chi connectivity index (χ2n) is 6.11. The van der Waals surface area contributed by atoms with Gasteiger partial charge in [-0.25, -0.2) is 4.98 Å². The van der Waals surface area contributed by atoms with Crippen molar-refractivity contribution in [2.75, 3.05) is 23.7 Å². The van der Waals surface area contributed by atoms with Crippen LogP contribution < -0.4 is 16.0 Å². The second kappa shape index (κ2) is 9.82. The van der Waals surface area contributed by atoms with Crippen LogP contribution in [0, 0.1) is 6.92 Å². The number of aromatic nitrogens is 3. The van der Waals surface area contributed by atoms with Gasteiger partial charge in [0.1, 0.15) is 11.6 Å². The van der Waals surface area contributed by atoms with Crippen molar-refractivity contribution >= 4 is 29.4 Å². The number of hydrogen-bond donors (Lipinski definition) is 3. The number of carbonyl (C=O) groups excluding carboxylic acids is 1. The van der Waals surface area contributed by atoms with Crippen LogP contribution in [-0.4, -0.2) is 34.2 Å². The molecule has 0 aliphatic heterocycles. The SMILES string of the molecule is Cc1ccnc(Nc2ccc(NCCNC(=O)/C=C/c3ccccc3)nn2)c1. The van der Waals surface area contributed by atoms with Crippen LogP contribution >= 0.6 is 0 Å². The van der Waals surface area contributed by atoms with E-state index in [1.165, 1.54) is 6.08 Å². The lowest BCUT2D eigenvalue weighted by Gasteiger charge is -2.07. The molecule has 1 aromatic carbocycles. The largest absolute Gasteiger partial charge is 0.367 e. The van der Waals surface area contributed by atoms with Crippen molar-refractivity contribution in [3.8, 4) is 0 Å². The summed E-state index contributed by atoms with van der Waals surface area (Å²) >= 11 is 0. The zero-order valence-corrected chi connectivity index (χ0v) is 15.6. The standard InChI is InChI=1S/C21H22N6O/c1-16-11-12-22-20(15-16)25-19-9-8-18(26-27-19)23-13-14-24-21(28)10-7-17-5-3-2-4-6-17/h2-12,15H,13-14H2,1H3,(H,23,26)(H,24,28)(H,22,25,27)/b10-7+. The fraction of sp³-hybridized carbons (Fsp3) is 0.143. The number of nitrogens with one attached hydrogen (secondary N) is 3. The van der Waals surface area contributed by atoms with Crippen molar-refractivity contribution in [2.24, 2.45) is 0 Å². The number of amides is 1. The Kier molecular flexibility index (Phi) is 6.67. The summed E-state index contributed by atoms with van der Waals surface area (Å²) in [6.07, 6.45) is 5.04. The molecule has 0 aliphatic carbocycles. The molecule has 0 spiro atoms. The Balaban J connectivity index is 1.39. The molecule has 0 saturated carbocycles. The topological polar surface area (TPSA) is 91.8 Å². The van der Waals surface area contributed by atoms with Gasteiger partial charge in [-0.1, -0.05) is 30.3 Å². The number of rotatable bonds is 8. The van der Waals surface area contributed by atoms with E-state index in [2.05, 4.69) is 31.1 Å². The number of benzene rings is 1. The van der Waals surface area contributed by atoms with Crippen LogP contribution in [0.15, 0.2) is 66.9 Å². The first-order chi connectivity index (χ1) is 13.7. The minimum atomic E-state index is -0.137. The quantitative estimate of drug-likeness (QED) is 0.414. The third-order valence-corrected chi connectivity index (χ3v) is 3.79. The van der Waals surface area contributed by atoms with Crippen molar-refractivity contribution in [2.45, 2.75) is 6.92 Å². The Hall–Kier alpha value is -3.74. The fourth-order valence-corrected chi connectivity index (χ4v) is 2.40. The lowest BCUT2D eigenvalue weighted by Crippen LogP contribution is -2.27. The highest BCUT2D eigenvalue weighted by Gasteiger charge is 2.00. The van der Waals surface area contributed by atoms with Gasteiger partial charge in [-0.2, -0.15) is 0 Å². The van der Waals surface area contributed by atoms with E-state index in [4.69, 9.17) is 0 Å². The summed E-state index contributed by atoms with van der Waals surface area (Å²) < 4.78 is 0. The minimum absolute atomic E-state index is 0.137. The van der Waals surface area contributed by atoms with Gasteiger partial charge in [-0.15, -0.1) is 10.2 Å². The summed E-state index contributed by atoms with van der Waals surface area (Å²) in [6.45, 7) is 3.03. The number of hydrogen-bond acceptors (Lipinski definition) is 6. The van der Waals surface area contributed by atoms with E-state index in [1.54, 1.807) is 12.3 Å². The first-order valence-corrected chi connectivity index (χ1v) is 8.97. The van der Waals surface area contributed by atoms with E-state index in [1.807, 2.05) is 61.5 Å². The fourth-order valence-electron chi connectivity index (χ4n) is 2.40. The highest BCUT2D eigenvalue weighted by atomic mass is 16.1. The summed E-state index contributed by atoms with van der Waals surface area (Å²) in [5.41, 5.74) is 2.10. The third kappa shape index (κ3) is 6.21. The molecule has 2 heterocycles. The molecule has 0 fully saturated rings. The first-order valence-electron chi connectivity index (χ1n) is 8.97. The monoisotopic (exact) mass is 374 g/mol. The van der Waals surface area contributed by atoms with Gasteiger partial charge >= 0.3 is 0 Å². The summed E-state index contributed by atoms with van der Waals surface area (Å²) in [4.78, 5) is 16.0. The smallest absolute Gasteiger partial charge is 0.244 e. The predicted octanol–water partition coefficient (Wildman–Crippen LogP) is 3.17. The predicted molar refractivity (Wildman–Crippen MR) is 111 cm³/mol. The molecule has 0 bridgehead atoms. The molecule has 7 nitrogen and oxygen atoms in total. The molecule has 142 valence electrons. The highest BCUT2D eigenvalue weighted by Crippen LogP contribution is 2.13. The Labute approximate surface area is 163 Å². The molecule has 2 aromatic heterocycles. The van der Waals surface area contributed by atoms with Crippen LogP contribution in [-0.2, 0) is 4.79 Å². The lowest BCUT2D eigenvalue weighted by molar-refractivity contribution is -0.116. The van der Waals surface area contributed by atoms with Crippen LogP contribution in [0.2, 0.25) is 0 Å². The van der Waals surface area contributed by atoms with Crippen molar-refractivity contribution < 1.29 is 4.79 Å². The van der Waals surface area contributed by atoms with E-state index < -0.39 is 0 Å². The molecule has 3 rings (SSSR count). The van der Waals surface area contributed by atoms with Crippen molar-refractivity contribution in [3.05, 3.63) is 78.0 Å². The van der Waals surface area contributed by atoms with Gasteiger partial charge in [0.15, 0.2) is 5.82 Å². The molecule has 3 aromatic rings. The average Bonchev–Trinajstić information content (AvgIpc) is 2.72. The summed E-state index contributed by atoms with van der Waals surface area (Å²) in [6, 6.07) is 17.2. The van der Waals surface area contributed by atoms with Gasteiger partial charge in [0.05, 0.1) is 0 Å². The summed E-state index contributed by atoms with van der Waals surface area (Å²) in [5.74, 6) is 1.84. The summed E-state index contributed by atoms with van der Waals surface area (Å²) in [5, 5.41) is 17.3. The molecule has 0 radical (unpaired) electrons. The number of carbonyl (C=O) groups is 1. The van der Waals surface area contributed by atoms with E-state index in [0.717, 1.165) is 16.9 Å². The molecule has 0 unspecified atom stereocenters. The van der Waals surface area contributed by atoms with Crippen LogP contribution in [0.3, 0.4) is 0 Å². The van der Waals surface area contributed by atoms with Gasteiger partial charge in [-0.05, 0) is 48.4 Å². The molecule has 1 amide bonds. The molecule has 0 atom stereocenters. The van der Waals surface area contributed by atoms with Crippen LogP contribution in [0.4, 0.5) is 17.5 Å². The van der Waals surface area contributed by atoms with Crippen molar-refractivity contribution in [3.63, 3.8) is 0 Å². The van der Waals surface area contributed by atoms with Crippen LogP contribution in [0.1, 0.15) is 11.1 Å². The number of nitrogens with zero attached hydrogens (tertiary/aromatic N) is 3. The molecule has 0 aliphatic rings. The zero-order valence-electron chi connectivity index (χ0n) is 15.6. The van der Waals surface area contributed by atoms with E-state index in [9.17, 15) is 4.79 Å². The molecular formula is C21H22N6O. The zero-order chi connectivity index (χ0) is 19.6. The van der Waals surface area contributed by atoms with Gasteiger partial charge < -0.3 is 16.0 Å². The van der Waals surface area contributed by atoms with Crippen molar-refractivity contribution in [1.29, 1.82) is 0 Å². The van der Waals surface area contributed by atoms with Crippen molar-refractivity contribution in [1.82, 2.24) is 20.5 Å². The maximum atomic E-state index is 11.8. The van der Waals surface area contributed by atoms with Gasteiger partial charge in [0.25, 0.3) is 0 Å². The van der Waals surface area contributed by atoms with E-state index >= 15 is 0 Å². The average molecular weight is 374 g/mol. The van der Waals surface area contributed by atoms with E-state index in [-0.39, 0.29) is 5.91 Å². The van der Waals surface area contributed by atoms with Gasteiger partial charge in [-0.3, -0.25) is 4.79 Å². The Morgan fingerprint density at radius 2 is 1.75 bits per heavy atom. The maximum Gasteiger partial charge on any atom is 0.244 e. The molecule has 7 heteroatoms. The maximum absolute atomic E-state index is 11.8. The Morgan fingerprint density at radius 3 is 2.50 bits per heavy atom. The number of pyridine rings is 1. The highest BCUT2D eigenvalue weighted by molar-refractivity contribution is 5.91. The third-order valence-electron chi connectivity index (χ3n) is 3.79. The molecular weight excluding hydrogens is 352 g/mol. The normalized spacial score (nSPS) is 10.6. The van der Waals surface area contributed by atoms with Gasteiger partial charge in [0.2, 0.25) is 5.91 Å².